The van der Waals surface area contributed by atoms with E-state index in [4.69, 9.17) is 0 Å². The molecule has 3 atom stereocenters. The normalized spacial score (nSPS) is 43.0. The average molecular weight is 167 g/mol. The van der Waals surface area contributed by atoms with Gasteiger partial charge in [0, 0.05) is 12.1 Å². The molecule has 0 aromatic heterocycles. The van der Waals surface area contributed by atoms with E-state index in [0.717, 1.165) is 18.0 Å². The lowest BCUT2D eigenvalue weighted by Crippen LogP contribution is -2.35. The van der Waals surface area contributed by atoms with Crippen LogP contribution in [0.1, 0.15) is 45.4 Å². The molecule has 0 aromatic carbocycles. The van der Waals surface area contributed by atoms with Gasteiger partial charge in [-0.15, -0.1) is 0 Å². The second-order valence-corrected chi connectivity index (χ2v) is 4.58. The predicted octanol–water partition coefficient (Wildman–Crippen LogP) is 2.66. The van der Waals surface area contributed by atoms with Crippen molar-refractivity contribution >= 4 is 0 Å². The Morgan fingerprint density at radius 3 is 2.67 bits per heavy atom. The topological polar surface area (TPSA) is 3.24 Å². The van der Waals surface area contributed by atoms with Crippen molar-refractivity contribution in [3.63, 3.8) is 0 Å². The molecule has 1 heterocycles. The van der Waals surface area contributed by atoms with Crippen molar-refractivity contribution in [2.45, 2.75) is 57.5 Å². The summed E-state index contributed by atoms with van der Waals surface area (Å²) in [6, 6.07) is 1.85. The van der Waals surface area contributed by atoms with Crippen molar-refractivity contribution in [2.24, 2.45) is 5.92 Å². The lowest BCUT2D eigenvalue weighted by atomic mass is 9.85. The van der Waals surface area contributed by atoms with Gasteiger partial charge in [0.1, 0.15) is 0 Å². The summed E-state index contributed by atoms with van der Waals surface area (Å²) < 4.78 is 0. The van der Waals surface area contributed by atoms with Gasteiger partial charge in [0.2, 0.25) is 0 Å². The van der Waals surface area contributed by atoms with Gasteiger partial charge in [0.15, 0.2) is 0 Å². The predicted molar refractivity (Wildman–Crippen MR) is 52.2 cm³/mol. The Labute approximate surface area is 76.1 Å². The Balaban J connectivity index is 2.03. The molecule has 1 saturated carbocycles. The summed E-state index contributed by atoms with van der Waals surface area (Å²) in [5, 5.41) is 0. The SMILES string of the molecule is CCC1CC2CCCC[C@@H]2N1C. The number of fused-ring (bicyclic) bond motifs is 1. The second-order valence-electron chi connectivity index (χ2n) is 4.58. The minimum Gasteiger partial charge on any atom is -0.300 e. The highest BCUT2D eigenvalue weighted by atomic mass is 15.2. The molecule has 2 aliphatic rings. The fourth-order valence-corrected chi connectivity index (χ4v) is 3.24. The Bertz CT molecular complexity index is 153. The summed E-state index contributed by atoms with van der Waals surface area (Å²) in [5.74, 6) is 1.05. The summed E-state index contributed by atoms with van der Waals surface area (Å²) >= 11 is 0. The molecule has 1 saturated heterocycles. The van der Waals surface area contributed by atoms with E-state index in [0.29, 0.717) is 0 Å². The lowest BCUT2D eigenvalue weighted by molar-refractivity contribution is 0.184. The largest absolute Gasteiger partial charge is 0.300 e. The summed E-state index contributed by atoms with van der Waals surface area (Å²) in [5.41, 5.74) is 0. The number of hydrogen-bond donors (Lipinski definition) is 0. The maximum absolute atomic E-state index is 2.66. The monoisotopic (exact) mass is 167 g/mol. The Hall–Kier alpha value is -0.0400. The van der Waals surface area contributed by atoms with E-state index in [1.807, 2.05) is 0 Å². The van der Waals surface area contributed by atoms with Crippen molar-refractivity contribution in [2.75, 3.05) is 7.05 Å². The molecule has 1 aliphatic heterocycles. The van der Waals surface area contributed by atoms with Gasteiger partial charge >= 0.3 is 0 Å². The van der Waals surface area contributed by atoms with E-state index in [9.17, 15) is 0 Å². The first-order valence-corrected chi connectivity index (χ1v) is 5.55. The van der Waals surface area contributed by atoms with Crippen LogP contribution in [0.5, 0.6) is 0 Å². The maximum atomic E-state index is 2.66. The second kappa shape index (κ2) is 3.37. The number of nitrogens with zero attached hydrogens (tertiary/aromatic N) is 1. The molecule has 12 heavy (non-hydrogen) atoms. The zero-order chi connectivity index (χ0) is 8.55. The van der Waals surface area contributed by atoms with Gasteiger partial charge in [-0.25, -0.2) is 0 Å². The molecule has 0 spiro atoms. The first-order chi connectivity index (χ1) is 5.83. The zero-order valence-electron chi connectivity index (χ0n) is 8.42. The molecule has 0 N–H and O–H groups in total. The van der Waals surface area contributed by atoms with Crippen LogP contribution in [-0.2, 0) is 0 Å². The van der Waals surface area contributed by atoms with Crippen molar-refractivity contribution in [3.05, 3.63) is 0 Å². The number of likely N-dealkylation sites (tertiary alicyclic amines) is 1. The Kier molecular flexibility index (Phi) is 2.40. The van der Waals surface area contributed by atoms with Gasteiger partial charge in [-0.2, -0.15) is 0 Å². The summed E-state index contributed by atoms with van der Waals surface area (Å²) in [6.45, 7) is 2.33. The van der Waals surface area contributed by atoms with Crippen LogP contribution in [0.15, 0.2) is 0 Å². The third kappa shape index (κ3) is 1.28. The molecule has 1 heteroatoms. The molecule has 2 rings (SSSR count). The lowest BCUT2D eigenvalue weighted by Gasteiger charge is -2.30. The molecule has 70 valence electrons. The van der Waals surface area contributed by atoms with Gasteiger partial charge < -0.3 is 4.90 Å². The molecular formula is C11H21N. The van der Waals surface area contributed by atoms with E-state index >= 15 is 0 Å². The molecular weight excluding hydrogens is 146 g/mol. The molecule has 2 fully saturated rings. The zero-order valence-corrected chi connectivity index (χ0v) is 8.42. The smallest absolute Gasteiger partial charge is 0.0124 e. The molecule has 0 radical (unpaired) electrons. The van der Waals surface area contributed by atoms with Crippen LogP contribution in [0.25, 0.3) is 0 Å². The van der Waals surface area contributed by atoms with Crippen LogP contribution >= 0.6 is 0 Å². The van der Waals surface area contributed by atoms with E-state index < -0.39 is 0 Å². The highest BCUT2D eigenvalue weighted by Crippen LogP contribution is 2.39. The third-order valence-electron chi connectivity index (χ3n) is 4.01. The minimum atomic E-state index is 0.901. The van der Waals surface area contributed by atoms with Gasteiger partial charge in [0.25, 0.3) is 0 Å². The molecule has 1 aliphatic carbocycles. The van der Waals surface area contributed by atoms with Crippen molar-refractivity contribution in [3.8, 4) is 0 Å². The maximum Gasteiger partial charge on any atom is 0.0124 e. The first kappa shape index (κ1) is 8.55. The van der Waals surface area contributed by atoms with Crippen LogP contribution < -0.4 is 0 Å². The van der Waals surface area contributed by atoms with Gasteiger partial charge in [-0.05, 0) is 38.6 Å². The van der Waals surface area contributed by atoms with E-state index in [2.05, 4.69) is 18.9 Å². The highest BCUT2D eigenvalue weighted by molar-refractivity contribution is 4.93. The van der Waals surface area contributed by atoms with E-state index in [-0.39, 0.29) is 0 Å². The third-order valence-corrected chi connectivity index (χ3v) is 4.01. The van der Waals surface area contributed by atoms with Crippen molar-refractivity contribution < 1.29 is 0 Å². The molecule has 0 amide bonds. The van der Waals surface area contributed by atoms with Crippen LogP contribution in [0.3, 0.4) is 0 Å². The number of hydrogen-bond acceptors (Lipinski definition) is 1. The number of rotatable bonds is 1. The molecule has 0 aromatic rings. The summed E-state index contributed by atoms with van der Waals surface area (Å²) in [7, 11) is 2.34. The van der Waals surface area contributed by atoms with E-state index in [1.54, 1.807) is 0 Å². The Morgan fingerprint density at radius 1 is 1.25 bits per heavy atom. The molecule has 0 bridgehead atoms. The average Bonchev–Trinajstić information content (AvgIpc) is 2.44. The van der Waals surface area contributed by atoms with Crippen molar-refractivity contribution in [1.82, 2.24) is 4.90 Å². The fraction of sp³-hybridized carbons (Fsp3) is 1.00. The van der Waals surface area contributed by atoms with Crippen LogP contribution in [0.2, 0.25) is 0 Å². The van der Waals surface area contributed by atoms with Gasteiger partial charge in [-0.1, -0.05) is 19.8 Å². The Morgan fingerprint density at radius 2 is 2.00 bits per heavy atom. The van der Waals surface area contributed by atoms with Crippen LogP contribution in [0, 0.1) is 5.92 Å². The fourth-order valence-electron chi connectivity index (χ4n) is 3.24. The van der Waals surface area contributed by atoms with Gasteiger partial charge in [0.05, 0.1) is 0 Å². The van der Waals surface area contributed by atoms with Crippen molar-refractivity contribution in [1.29, 1.82) is 0 Å². The minimum absolute atomic E-state index is 0.901. The summed E-state index contributed by atoms with van der Waals surface area (Å²) in [4.78, 5) is 2.66. The van der Waals surface area contributed by atoms with Crippen LogP contribution in [0.4, 0.5) is 0 Å². The molecule has 2 unspecified atom stereocenters. The quantitative estimate of drug-likeness (QED) is 0.580. The summed E-state index contributed by atoms with van der Waals surface area (Å²) in [6.07, 6.45) is 8.78. The van der Waals surface area contributed by atoms with Gasteiger partial charge in [-0.3, -0.25) is 0 Å². The molecule has 1 nitrogen and oxygen atoms in total. The van der Waals surface area contributed by atoms with Crippen LogP contribution in [-0.4, -0.2) is 24.0 Å². The standard InChI is InChI=1S/C11H21N/c1-3-10-8-9-6-4-5-7-11(9)12(10)2/h9-11H,3-8H2,1-2H3/t9?,10?,11-/m0/s1. The highest BCUT2D eigenvalue weighted by Gasteiger charge is 2.38. The van der Waals surface area contributed by atoms with E-state index in [1.165, 1.54) is 38.5 Å². The first-order valence-electron chi connectivity index (χ1n) is 5.55.